The molecule has 2 nitrogen and oxygen atoms in total. The van der Waals surface area contributed by atoms with E-state index in [1.807, 2.05) is 13.0 Å². The Morgan fingerprint density at radius 1 is 1.50 bits per heavy atom. The second-order valence-corrected chi connectivity index (χ2v) is 3.91. The Bertz CT molecular complexity index is 371. The number of amides is 1. The number of nitrogens with one attached hydrogen (secondary N) is 1. The highest BCUT2D eigenvalue weighted by molar-refractivity contribution is 5.97. The van der Waals surface area contributed by atoms with Gasteiger partial charge in [-0.05, 0) is 25.0 Å². The highest BCUT2D eigenvalue weighted by Crippen LogP contribution is 2.26. The first-order valence-corrected chi connectivity index (χ1v) is 5.11. The first-order valence-electron chi connectivity index (χ1n) is 5.11. The molecule has 1 atom stereocenters. The molecule has 14 heavy (non-hydrogen) atoms. The molecule has 1 aromatic rings. The van der Waals surface area contributed by atoms with Crippen molar-refractivity contribution in [3.63, 3.8) is 0 Å². The van der Waals surface area contributed by atoms with Gasteiger partial charge in [-0.3, -0.25) is 4.79 Å². The fourth-order valence-corrected chi connectivity index (χ4v) is 2.01. The van der Waals surface area contributed by atoms with Crippen LogP contribution in [0.25, 0.3) is 0 Å². The molecular weight excluding hydrogens is 174 g/mol. The average Bonchev–Trinajstić information content (AvgIpc) is 2.19. The van der Waals surface area contributed by atoms with Crippen LogP contribution in [0.1, 0.15) is 40.7 Å². The molecule has 0 saturated carbocycles. The molecule has 0 bridgehead atoms. The van der Waals surface area contributed by atoms with Crippen LogP contribution in [-0.2, 0) is 0 Å². The van der Waals surface area contributed by atoms with E-state index in [4.69, 9.17) is 0 Å². The maximum absolute atomic E-state index is 11.6. The summed E-state index contributed by atoms with van der Waals surface area (Å²) in [5.41, 5.74) is 3.22. The standard InChI is InChI=1S/C12H15NO/c1-3-9-7-13-12(14)11-6-8(2)4-5-10(9)11/h4-6,9H,3,7H2,1-2H3,(H,13,14)/t9-/m0/s1. The van der Waals surface area contributed by atoms with Gasteiger partial charge in [-0.25, -0.2) is 0 Å². The van der Waals surface area contributed by atoms with Gasteiger partial charge in [0.2, 0.25) is 0 Å². The Labute approximate surface area is 84.3 Å². The Morgan fingerprint density at radius 2 is 2.29 bits per heavy atom. The Kier molecular flexibility index (Phi) is 2.28. The van der Waals surface area contributed by atoms with Crippen LogP contribution in [0.5, 0.6) is 0 Å². The molecule has 1 heterocycles. The number of benzene rings is 1. The van der Waals surface area contributed by atoms with E-state index in [-0.39, 0.29) is 5.91 Å². The molecule has 74 valence electrons. The molecule has 1 N–H and O–H groups in total. The first-order chi connectivity index (χ1) is 6.72. The molecule has 1 aliphatic rings. The highest BCUT2D eigenvalue weighted by Gasteiger charge is 2.23. The van der Waals surface area contributed by atoms with E-state index in [0.29, 0.717) is 5.92 Å². The lowest BCUT2D eigenvalue weighted by atomic mass is 9.88. The maximum atomic E-state index is 11.6. The van der Waals surface area contributed by atoms with Crippen LogP contribution in [0, 0.1) is 6.92 Å². The van der Waals surface area contributed by atoms with Crippen molar-refractivity contribution in [3.05, 3.63) is 34.9 Å². The number of carbonyl (C=O) groups excluding carboxylic acids is 1. The molecule has 0 radical (unpaired) electrons. The largest absolute Gasteiger partial charge is 0.351 e. The summed E-state index contributed by atoms with van der Waals surface area (Å²) in [5.74, 6) is 0.566. The quantitative estimate of drug-likeness (QED) is 0.721. The number of hydrogen-bond acceptors (Lipinski definition) is 1. The van der Waals surface area contributed by atoms with Crippen LogP contribution in [0.15, 0.2) is 18.2 Å². The summed E-state index contributed by atoms with van der Waals surface area (Å²) in [6.07, 6.45) is 1.08. The van der Waals surface area contributed by atoms with Gasteiger partial charge in [0.1, 0.15) is 0 Å². The van der Waals surface area contributed by atoms with Gasteiger partial charge >= 0.3 is 0 Å². The van der Waals surface area contributed by atoms with Gasteiger partial charge in [-0.2, -0.15) is 0 Å². The van der Waals surface area contributed by atoms with Crippen molar-refractivity contribution < 1.29 is 4.79 Å². The Morgan fingerprint density at radius 3 is 3.00 bits per heavy atom. The van der Waals surface area contributed by atoms with Gasteiger partial charge in [0.25, 0.3) is 5.91 Å². The van der Waals surface area contributed by atoms with Crippen molar-refractivity contribution >= 4 is 5.91 Å². The number of hydrogen-bond donors (Lipinski definition) is 1. The second-order valence-electron chi connectivity index (χ2n) is 3.91. The van der Waals surface area contributed by atoms with E-state index >= 15 is 0 Å². The van der Waals surface area contributed by atoms with Gasteiger partial charge in [-0.1, -0.05) is 24.6 Å². The van der Waals surface area contributed by atoms with Crippen LogP contribution < -0.4 is 5.32 Å². The van der Waals surface area contributed by atoms with E-state index < -0.39 is 0 Å². The fraction of sp³-hybridized carbons (Fsp3) is 0.417. The lowest BCUT2D eigenvalue weighted by Gasteiger charge is -2.24. The minimum absolute atomic E-state index is 0.0772. The van der Waals surface area contributed by atoms with Crippen molar-refractivity contribution in [2.75, 3.05) is 6.54 Å². The lowest BCUT2D eigenvalue weighted by molar-refractivity contribution is 0.0939. The smallest absolute Gasteiger partial charge is 0.251 e. The van der Waals surface area contributed by atoms with Crippen LogP contribution in [-0.4, -0.2) is 12.5 Å². The normalized spacial score (nSPS) is 20.1. The van der Waals surface area contributed by atoms with Crippen LogP contribution in [0.2, 0.25) is 0 Å². The Hall–Kier alpha value is -1.31. The third-order valence-corrected chi connectivity index (χ3v) is 2.90. The summed E-state index contributed by atoms with van der Waals surface area (Å²) in [6.45, 7) is 4.96. The monoisotopic (exact) mass is 189 g/mol. The minimum Gasteiger partial charge on any atom is -0.351 e. The average molecular weight is 189 g/mol. The van der Waals surface area contributed by atoms with E-state index in [0.717, 1.165) is 24.1 Å². The molecule has 1 amide bonds. The van der Waals surface area contributed by atoms with Gasteiger partial charge in [0, 0.05) is 18.0 Å². The summed E-state index contributed by atoms with van der Waals surface area (Å²) in [6, 6.07) is 6.16. The molecule has 0 aliphatic carbocycles. The van der Waals surface area contributed by atoms with Crippen LogP contribution in [0.4, 0.5) is 0 Å². The third kappa shape index (κ3) is 1.41. The molecule has 0 saturated heterocycles. The molecule has 0 unspecified atom stereocenters. The predicted octanol–water partition coefficient (Wildman–Crippen LogP) is 2.23. The summed E-state index contributed by atoms with van der Waals surface area (Å²) in [7, 11) is 0. The van der Waals surface area contributed by atoms with Gasteiger partial charge in [0.05, 0.1) is 0 Å². The molecular formula is C12H15NO. The van der Waals surface area contributed by atoms with Crippen molar-refractivity contribution in [1.29, 1.82) is 0 Å². The molecule has 2 heteroatoms. The molecule has 1 aromatic carbocycles. The van der Waals surface area contributed by atoms with E-state index in [1.165, 1.54) is 5.56 Å². The van der Waals surface area contributed by atoms with Crippen LogP contribution in [0.3, 0.4) is 0 Å². The first kappa shape index (κ1) is 9.25. The number of aryl methyl sites for hydroxylation is 1. The van der Waals surface area contributed by atoms with Crippen LogP contribution >= 0.6 is 0 Å². The van der Waals surface area contributed by atoms with E-state index in [2.05, 4.69) is 24.4 Å². The van der Waals surface area contributed by atoms with Gasteiger partial charge < -0.3 is 5.32 Å². The molecule has 0 spiro atoms. The third-order valence-electron chi connectivity index (χ3n) is 2.90. The predicted molar refractivity (Wildman–Crippen MR) is 56.5 cm³/mol. The second kappa shape index (κ2) is 3.45. The number of fused-ring (bicyclic) bond motifs is 1. The highest BCUT2D eigenvalue weighted by atomic mass is 16.1. The zero-order valence-corrected chi connectivity index (χ0v) is 8.63. The van der Waals surface area contributed by atoms with Crippen molar-refractivity contribution in [2.45, 2.75) is 26.2 Å². The fourth-order valence-electron chi connectivity index (χ4n) is 2.01. The van der Waals surface area contributed by atoms with Gasteiger partial charge in [-0.15, -0.1) is 0 Å². The molecule has 2 rings (SSSR count). The van der Waals surface area contributed by atoms with Crippen molar-refractivity contribution in [2.24, 2.45) is 0 Å². The van der Waals surface area contributed by atoms with Crippen molar-refractivity contribution in [3.8, 4) is 0 Å². The maximum Gasteiger partial charge on any atom is 0.251 e. The molecule has 0 fully saturated rings. The Balaban J connectivity index is 2.51. The zero-order chi connectivity index (χ0) is 10.1. The molecule has 0 aromatic heterocycles. The summed E-state index contributed by atoms with van der Waals surface area (Å²) < 4.78 is 0. The summed E-state index contributed by atoms with van der Waals surface area (Å²) in [4.78, 5) is 11.6. The lowest BCUT2D eigenvalue weighted by Crippen LogP contribution is -2.34. The molecule has 1 aliphatic heterocycles. The summed E-state index contributed by atoms with van der Waals surface area (Å²) in [5, 5.41) is 2.93. The van der Waals surface area contributed by atoms with Crippen molar-refractivity contribution in [1.82, 2.24) is 5.32 Å². The topological polar surface area (TPSA) is 29.1 Å². The summed E-state index contributed by atoms with van der Waals surface area (Å²) >= 11 is 0. The SMILES string of the molecule is CC[C@H]1CNC(=O)c2cc(C)ccc21. The number of rotatable bonds is 1. The number of carbonyl (C=O) groups is 1. The minimum atomic E-state index is 0.0772. The van der Waals surface area contributed by atoms with E-state index in [9.17, 15) is 4.79 Å². The van der Waals surface area contributed by atoms with Gasteiger partial charge in [0.15, 0.2) is 0 Å². The van der Waals surface area contributed by atoms with E-state index in [1.54, 1.807) is 0 Å². The zero-order valence-electron chi connectivity index (χ0n) is 8.63.